The van der Waals surface area contributed by atoms with E-state index in [4.69, 9.17) is 0 Å². The van der Waals surface area contributed by atoms with Gasteiger partial charge in [-0.3, -0.25) is 0 Å². The summed E-state index contributed by atoms with van der Waals surface area (Å²) in [7, 11) is 0. The zero-order valence-electron chi connectivity index (χ0n) is 9.76. The van der Waals surface area contributed by atoms with Crippen LogP contribution in [0.15, 0.2) is 18.6 Å². The summed E-state index contributed by atoms with van der Waals surface area (Å²) in [5, 5.41) is 3.52. The second-order valence-electron chi connectivity index (χ2n) is 5.37. The summed E-state index contributed by atoms with van der Waals surface area (Å²) in [5.41, 5.74) is 0. The van der Waals surface area contributed by atoms with Crippen molar-refractivity contribution in [2.75, 3.05) is 5.32 Å². The van der Waals surface area contributed by atoms with Crippen molar-refractivity contribution in [3.8, 4) is 0 Å². The standard InChI is InChI=1S/C13H19N3/c1-9(16-13-4-5-14-8-15-13)12-7-10-2-3-11(12)6-10/h4-5,8-12H,2-3,6-7H2,1H3,(H,14,15,16). The molecule has 4 atom stereocenters. The maximum atomic E-state index is 4.23. The Balaban J connectivity index is 1.64. The maximum Gasteiger partial charge on any atom is 0.129 e. The number of hydrogen-bond donors (Lipinski definition) is 1. The Morgan fingerprint density at radius 1 is 1.38 bits per heavy atom. The summed E-state index contributed by atoms with van der Waals surface area (Å²) < 4.78 is 0. The van der Waals surface area contributed by atoms with Crippen LogP contribution in [0.3, 0.4) is 0 Å². The minimum atomic E-state index is 0.546. The van der Waals surface area contributed by atoms with Crippen LogP contribution in [0.25, 0.3) is 0 Å². The Labute approximate surface area is 96.7 Å². The molecule has 2 aliphatic carbocycles. The number of aromatic nitrogens is 2. The maximum absolute atomic E-state index is 4.23. The van der Waals surface area contributed by atoms with Gasteiger partial charge in [0.1, 0.15) is 12.1 Å². The van der Waals surface area contributed by atoms with E-state index in [2.05, 4.69) is 22.2 Å². The van der Waals surface area contributed by atoms with Gasteiger partial charge in [-0.15, -0.1) is 0 Å². The van der Waals surface area contributed by atoms with Crippen LogP contribution < -0.4 is 5.32 Å². The molecule has 2 fully saturated rings. The Hall–Kier alpha value is -1.12. The van der Waals surface area contributed by atoms with Crippen LogP contribution in [0.5, 0.6) is 0 Å². The quantitative estimate of drug-likeness (QED) is 0.846. The van der Waals surface area contributed by atoms with Gasteiger partial charge in [-0.1, -0.05) is 6.42 Å². The molecule has 16 heavy (non-hydrogen) atoms. The predicted octanol–water partition coefficient (Wildman–Crippen LogP) is 2.71. The molecule has 1 heterocycles. The Kier molecular flexibility index (Phi) is 2.54. The van der Waals surface area contributed by atoms with Crippen LogP contribution in [0, 0.1) is 17.8 Å². The lowest BCUT2D eigenvalue weighted by atomic mass is 9.84. The van der Waals surface area contributed by atoms with Crippen LogP contribution in [0.2, 0.25) is 0 Å². The molecule has 0 aliphatic heterocycles. The van der Waals surface area contributed by atoms with Crippen molar-refractivity contribution in [1.82, 2.24) is 9.97 Å². The van der Waals surface area contributed by atoms with Gasteiger partial charge >= 0.3 is 0 Å². The molecular formula is C13H19N3. The van der Waals surface area contributed by atoms with E-state index in [0.717, 1.165) is 23.6 Å². The first kappa shape index (κ1) is 10.1. The fourth-order valence-corrected chi connectivity index (χ4v) is 3.62. The lowest BCUT2D eigenvalue weighted by Crippen LogP contribution is -2.30. The van der Waals surface area contributed by atoms with E-state index in [9.17, 15) is 0 Å². The molecule has 86 valence electrons. The summed E-state index contributed by atoms with van der Waals surface area (Å²) in [5.74, 6) is 3.80. The van der Waals surface area contributed by atoms with E-state index in [1.807, 2.05) is 6.07 Å². The van der Waals surface area contributed by atoms with E-state index in [-0.39, 0.29) is 0 Å². The molecule has 0 saturated heterocycles. The molecule has 1 aromatic heterocycles. The monoisotopic (exact) mass is 217 g/mol. The first-order valence-corrected chi connectivity index (χ1v) is 6.35. The average molecular weight is 217 g/mol. The van der Waals surface area contributed by atoms with Gasteiger partial charge in [0.05, 0.1) is 0 Å². The molecular weight excluding hydrogens is 198 g/mol. The highest BCUT2D eigenvalue weighted by Crippen LogP contribution is 2.49. The fraction of sp³-hybridized carbons (Fsp3) is 0.692. The second kappa shape index (κ2) is 4.04. The van der Waals surface area contributed by atoms with Gasteiger partial charge in [-0.2, -0.15) is 0 Å². The number of anilines is 1. The molecule has 2 aliphatic rings. The molecule has 0 aromatic carbocycles. The number of hydrogen-bond acceptors (Lipinski definition) is 3. The second-order valence-corrected chi connectivity index (χ2v) is 5.37. The molecule has 3 heteroatoms. The first-order chi connectivity index (χ1) is 7.83. The van der Waals surface area contributed by atoms with Crippen molar-refractivity contribution in [2.45, 2.75) is 38.6 Å². The van der Waals surface area contributed by atoms with Crippen molar-refractivity contribution < 1.29 is 0 Å². The van der Waals surface area contributed by atoms with Gasteiger partial charge in [0.15, 0.2) is 0 Å². The average Bonchev–Trinajstić information content (AvgIpc) is 2.92. The van der Waals surface area contributed by atoms with Crippen LogP contribution in [0.1, 0.15) is 32.6 Å². The van der Waals surface area contributed by atoms with E-state index < -0.39 is 0 Å². The van der Waals surface area contributed by atoms with E-state index in [1.54, 1.807) is 12.5 Å². The minimum Gasteiger partial charge on any atom is -0.367 e. The van der Waals surface area contributed by atoms with Gasteiger partial charge in [0.25, 0.3) is 0 Å². The lowest BCUT2D eigenvalue weighted by Gasteiger charge is -2.28. The van der Waals surface area contributed by atoms with Crippen molar-refractivity contribution in [2.24, 2.45) is 17.8 Å². The van der Waals surface area contributed by atoms with Crippen LogP contribution in [0.4, 0.5) is 5.82 Å². The van der Waals surface area contributed by atoms with Gasteiger partial charge in [0.2, 0.25) is 0 Å². The van der Waals surface area contributed by atoms with Gasteiger partial charge in [0, 0.05) is 12.2 Å². The minimum absolute atomic E-state index is 0.546. The van der Waals surface area contributed by atoms with E-state index in [0.29, 0.717) is 6.04 Å². The molecule has 2 bridgehead atoms. The molecule has 0 spiro atoms. The Bertz CT molecular complexity index is 351. The molecule has 1 aromatic rings. The van der Waals surface area contributed by atoms with Crippen LogP contribution in [-0.4, -0.2) is 16.0 Å². The fourth-order valence-electron chi connectivity index (χ4n) is 3.62. The number of fused-ring (bicyclic) bond motifs is 2. The molecule has 4 unspecified atom stereocenters. The summed E-state index contributed by atoms with van der Waals surface area (Å²) in [6.07, 6.45) is 9.22. The van der Waals surface area contributed by atoms with E-state index >= 15 is 0 Å². The SMILES string of the molecule is CC(Nc1ccncn1)C1CC2CCC1C2. The zero-order chi connectivity index (χ0) is 11.0. The number of rotatable bonds is 3. The third kappa shape index (κ3) is 1.79. The molecule has 0 amide bonds. The van der Waals surface area contributed by atoms with Gasteiger partial charge in [-0.05, 0) is 50.0 Å². The summed E-state index contributed by atoms with van der Waals surface area (Å²) in [4.78, 5) is 8.17. The summed E-state index contributed by atoms with van der Waals surface area (Å²) in [6, 6.07) is 2.49. The highest BCUT2D eigenvalue weighted by Gasteiger charge is 2.41. The molecule has 3 rings (SSSR count). The largest absolute Gasteiger partial charge is 0.367 e. The normalized spacial score (nSPS) is 33.9. The Morgan fingerprint density at radius 2 is 2.31 bits per heavy atom. The molecule has 0 radical (unpaired) electrons. The topological polar surface area (TPSA) is 37.8 Å². The van der Waals surface area contributed by atoms with Crippen molar-refractivity contribution in [1.29, 1.82) is 0 Å². The van der Waals surface area contributed by atoms with Gasteiger partial charge in [-0.25, -0.2) is 9.97 Å². The highest BCUT2D eigenvalue weighted by atomic mass is 15.0. The summed E-state index contributed by atoms with van der Waals surface area (Å²) in [6.45, 7) is 2.30. The molecule has 3 nitrogen and oxygen atoms in total. The Morgan fingerprint density at radius 3 is 2.94 bits per heavy atom. The molecule has 2 saturated carbocycles. The predicted molar refractivity (Wildman–Crippen MR) is 64.1 cm³/mol. The number of nitrogens with zero attached hydrogens (tertiary/aromatic N) is 2. The first-order valence-electron chi connectivity index (χ1n) is 6.35. The lowest BCUT2D eigenvalue weighted by molar-refractivity contribution is 0.304. The van der Waals surface area contributed by atoms with Crippen LogP contribution in [-0.2, 0) is 0 Å². The van der Waals surface area contributed by atoms with Crippen molar-refractivity contribution >= 4 is 5.82 Å². The third-order valence-electron chi connectivity index (χ3n) is 4.39. The van der Waals surface area contributed by atoms with Gasteiger partial charge < -0.3 is 5.32 Å². The highest BCUT2D eigenvalue weighted by molar-refractivity contribution is 5.33. The van der Waals surface area contributed by atoms with Crippen molar-refractivity contribution in [3.63, 3.8) is 0 Å². The van der Waals surface area contributed by atoms with E-state index in [1.165, 1.54) is 25.7 Å². The number of nitrogens with one attached hydrogen (secondary N) is 1. The smallest absolute Gasteiger partial charge is 0.129 e. The zero-order valence-corrected chi connectivity index (χ0v) is 9.76. The summed E-state index contributed by atoms with van der Waals surface area (Å²) >= 11 is 0. The molecule has 1 N–H and O–H groups in total. The van der Waals surface area contributed by atoms with Crippen LogP contribution >= 0.6 is 0 Å². The van der Waals surface area contributed by atoms with Crippen molar-refractivity contribution in [3.05, 3.63) is 18.6 Å². The third-order valence-corrected chi connectivity index (χ3v) is 4.39.